The highest BCUT2D eigenvalue weighted by molar-refractivity contribution is 7.80. The number of nitrogens with zero attached hydrogens (tertiary/aromatic N) is 1. The van der Waals surface area contributed by atoms with Gasteiger partial charge in [-0.25, -0.2) is 0 Å². The highest BCUT2D eigenvalue weighted by atomic mass is 32.1. The number of aryl methyl sites for hydroxylation is 1. The lowest BCUT2D eigenvalue weighted by molar-refractivity contribution is 0.311. The summed E-state index contributed by atoms with van der Waals surface area (Å²) in [5, 5.41) is 5.04. The molecular formula is C24H27N3O2S. The number of H-pyrrole nitrogens is 1. The van der Waals surface area contributed by atoms with Gasteiger partial charge in [0.05, 0.1) is 19.2 Å². The molecule has 0 unspecified atom stereocenters. The zero-order valence-corrected chi connectivity index (χ0v) is 18.2. The van der Waals surface area contributed by atoms with Crippen molar-refractivity contribution in [3.63, 3.8) is 0 Å². The van der Waals surface area contributed by atoms with E-state index < -0.39 is 0 Å². The maximum absolute atomic E-state index is 12.8. The maximum atomic E-state index is 12.8. The lowest BCUT2D eigenvalue weighted by atomic mass is 10.1. The van der Waals surface area contributed by atoms with Gasteiger partial charge >= 0.3 is 0 Å². The lowest BCUT2D eigenvalue weighted by Gasteiger charge is -2.31. The SMILES string of the molecule is COc1ccc(NC(=S)N(Cc2cc3cccc(C)c3[nH]c2=O)C2CCCC2)cc1. The Hall–Kier alpha value is -2.86. The molecule has 0 amide bonds. The van der Waals surface area contributed by atoms with Crippen LogP contribution in [0.1, 0.15) is 36.8 Å². The monoisotopic (exact) mass is 421 g/mol. The molecule has 5 nitrogen and oxygen atoms in total. The van der Waals surface area contributed by atoms with Gasteiger partial charge in [-0.05, 0) is 73.3 Å². The van der Waals surface area contributed by atoms with Crippen molar-refractivity contribution in [1.82, 2.24) is 9.88 Å². The Morgan fingerprint density at radius 2 is 1.93 bits per heavy atom. The molecule has 156 valence electrons. The first-order chi connectivity index (χ1) is 14.5. The van der Waals surface area contributed by atoms with Crippen LogP contribution in [0.15, 0.2) is 53.3 Å². The standard InChI is InChI=1S/C24H27N3O2S/c1-16-6-5-7-17-14-18(23(28)26-22(16)17)15-27(20-8-3-4-9-20)24(30)25-19-10-12-21(29-2)13-11-19/h5-7,10-14,20H,3-4,8-9,15H2,1-2H3,(H,25,30)(H,26,28). The van der Waals surface area contributed by atoms with E-state index in [9.17, 15) is 4.79 Å². The molecule has 30 heavy (non-hydrogen) atoms. The first kappa shape index (κ1) is 20.4. The molecule has 0 aliphatic heterocycles. The molecule has 3 aromatic rings. The molecular weight excluding hydrogens is 394 g/mol. The van der Waals surface area contributed by atoms with Crippen LogP contribution in [-0.2, 0) is 6.54 Å². The van der Waals surface area contributed by atoms with Crippen molar-refractivity contribution in [2.45, 2.75) is 45.2 Å². The minimum absolute atomic E-state index is 0.0490. The molecule has 0 radical (unpaired) electrons. The van der Waals surface area contributed by atoms with E-state index in [1.54, 1.807) is 7.11 Å². The molecule has 2 N–H and O–H groups in total. The number of rotatable bonds is 5. The van der Waals surface area contributed by atoms with Gasteiger partial charge < -0.3 is 19.9 Å². The molecule has 1 fully saturated rings. The first-order valence-corrected chi connectivity index (χ1v) is 10.8. The Balaban J connectivity index is 1.61. The van der Waals surface area contributed by atoms with Crippen molar-refractivity contribution >= 4 is 33.9 Å². The summed E-state index contributed by atoms with van der Waals surface area (Å²) in [6.45, 7) is 2.50. The number of aromatic amines is 1. The van der Waals surface area contributed by atoms with Gasteiger partial charge in [0.2, 0.25) is 0 Å². The van der Waals surface area contributed by atoms with Gasteiger partial charge in [-0.2, -0.15) is 0 Å². The third kappa shape index (κ3) is 4.33. The van der Waals surface area contributed by atoms with Crippen LogP contribution in [0.2, 0.25) is 0 Å². The number of benzene rings is 2. The van der Waals surface area contributed by atoms with Crippen molar-refractivity contribution in [1.29, 1.82) is 0 Å². The summed E-state index contributed by atoms with van der Waals surface area (Å²) in [5.41, 5.74) is 3.57. The number of nitrogens with one attached hydrogen (secondary N) is 2. The number of para-hydroxylation sites is 1. The van der Waals surface area contributed by atoms with E-state index in [0.29, 0.717) is 17.7 Å². The van der Waals surface area contributed by atoms with Crippen LogP contribution in [0.5, 0.6) is 5.75 Å². The predicted octanol–water partition coefficient (Wildman–Crippen LogP) is 4.99. The zero-order chi connectivity index (χ0) is 21.1. The van der Waals surface area contributed by atoms with Gasteiger partial charge in [0.15, 0.2) is 5.11 Å². The number of pyridine rings is 1. The summed E-state index contributed by atoms with van der Waals surface area (Å²) in [6, 6.07) is 16.1. The second-order valence-corrected chi connectivity index (χ2v) is 8.27. The molecule has 4 rings (SSSR count). The zero-order valence-electron chi connectivity index (χ0n) is 17.4. The molecule has 0 spiro atoms. The molecule has 1 aromatic heterocycles. The van der Waals surface area contributed by atoms with E-state index in [4.69, 9.17) is 17.0 Å². The number of hydrogen-bond acceptors (Lipinski definition) is 3. The van der Waals surface area contributed by atoms with Crippen molar-refractivity contribution in [3.8, 4) is 5.75 Å². The van der Waals surface area contributed by atoms with Crippen molar-refractivity contribution in [2.75, 3.05) is 12.4 Å². The predicted molar refractivity (Wildman–Crippen MR) is 126 cm³/mol. The van der Waals surface area contributed by atoms with Crippen LogP contribution in [0, 0.1) is 6.92 Å². The largest absolute Gasteiger partial charge is 0.497 e. The first-order valence-electron chi connectivity index (χ1n) is 10.4. The molecule has 1 saturated carbocycles. The molecule has 6 heteroatoms. The molecule has 0 atom stereocenters. The summed E-state index contributed by atoms with van der Waals surface area (Å²) in [6.07, 6.45) is 4.57. The van der Waals surface area contributed by atoms with Crippen molar-refractivity contribution in [2.24, 2.45) is 0 Å². The Morgan fingerprint density at radius 1 is 1.20 bits per heavy atom. The number of aromatic nitrogens is 1. The quantitative estimate of drug-likeness (QED) is 0.569. The van der Waals surface area contributed by atoms with Gasteiger partial charge in [-0.15, -0.1) is 0 Å². The van der Waals surface area contributed by atoms with E-state index in [1.807, 2.05) is 55.5 Å². The van der Waals surface area contributed by atoms with Crippen LogP contribution in [0.25, 0.3) is 10.9 Å². The maximum Gasteiger partial charge on any atom is 0.253 e. The van der Waals surface area contributed by atoms with Gasteiger partial charge in [0, 0.05) is 17.3 Å². The fourth-order valence-corrected chi connectivity index (χ4v) is 4.51. The van der Waals surface area contributed by atoms with E-state index in [0.717, 1.165) is 46.3 Å². The number of ether oxygens (including phenoxy) is 1. The third-order valence-corrected chi connectivity index (χ3v) is 6.21. The highest BCUT2D eigenvalue weighted by Gasteiger charge is 2.26. The Morgan fingerprint density at radius 3 is 2.63 bits per heavy atom. The summed E-state index contributed by atoms with van der Waals surface area (Å²) in [5.74, 6) is 0.803. The Bertz CT molecular complexity index is 1100. The van der Waals surface area contributed by atoms with Crippen LogP contribution < -0.4 is 15.6 Å². The summed E-state index contributed by atoms with van der Waals surface area (Å²) in [4.78, 5) is 18.1. The fourth-order valence-electron chi connectivity index (χ4n) is 4.18. The number of fused-ring (bicyclic) bond motifs is 1. The Kier molecular flexibility index (Phi) is 6.04. The van der Waals surface area contributed by atoms with Gasteiger partial charge in [0.1, 0.15) is 5.75 Å². The average Bonchev–Trinajstić information content (AvgIpc) is 3.28. The summed E-state index contributed by atoms with van der Waals surface area (Å²) in [7, 11) is 1.65. The molecule has 1 heterocycles. The van der Waals surface area contributed by atoms with Gasteiger partial charge in [-0.1, -0.05) is 31.0 Å². The second-order valence-electron chi connectivity index (χ2n) is 7.89. The normalized spacial score (nSPS) is 14.1. The van der Waals surface area contributed by atoms with Gasteiger partial charge in [-0.3, -0.25) is 4.79 Å². The number of methoxy groups -OCH3 is 1. The number of anilines is 1. The average molecular weight is 422 g/mol. The van der Waals surface area contributed by atoms with Crippen LogP contribution in [-0.4, -0.2) is 28.1 Å². The van der Waals surface area contributed by atoms with E-state index >= 15 is 0 Å². The van der Waals surface area contributed by atoms with Crippen LogP contribution in [0.4, 0.5) is 5.69 Å². The Labute approximate surface area is 182 Å². The highest BCUT2D eigenvalue weighted by Crippen LogP contribution is 2.26. The van der Waals surface area contributed by atoms with E-state index in [2.05, 4.69) is 15.2 Å². The smallest absolute Gasteiger partial charge is 0.253 e. The molecule has 0 saturated heterocycles. The third-order valence-electron chi connectivity index (χ3n) is 5.87. The lowest BCUT2D eigenvalue weighted by Crippen LogP contribution is -2.42. The second kappa shape index (κ2) is 8.88. The number of hydrogen-bond donors (Lipinski definition) is 2. The summed E-state index contributed by atoms with van der Waals surface area (Å²) >= 11 is 5.79. The fraction of sp³-hybridized carbons (Fsp3) is 0.333. The van der Waals surface area contributed by atoms with E-state index in [1.165, 1.54) is 12.8 Å². The molecule has 0 bridgehead atoms. The van der Waals surface area contributed by atoms with E-state index in [-0.39, 0.29) is 5.56 Å². The minimum atomic E-state index is -0.0490. The molecule has 1 aliphatic rings. The van der Waals surface area contributed by atoms with Crippen molar-refractivity contribution < 1.29 is 4.74 Å². The van der Waals surface area contributed by atoms with Crippen LogP contribution >= 0.6 is 12.2 Å². The topological polar surface area (TPSA) is 57.4 Å². The van der Waals surface area contributed by atoms with Crippen molar-refractivity contribution in [3.05, 3.63) is 70.0 Å². The van der Waals surface area contributed by atoms with Gasteiger partial charge in [0.25, 0.3) is 5.56 Å². The minimum Gasteiger partial charge on any atom is -0.497 e. The molecule has 2 aromatic carbocycles. The number of thiocarbonyl (C=S) groups is 1. The summed E-state index contributed by atoms with van der Waals surface area (Å²) < 4.78 is 5.23. The molecule has 1 aliphatic carbocycles. The van der Waals surface area contributed by atoms with Crippen LogP contribution in [0.3, 0.4) is 0 Å².